The number of rotatable bonds is 0. The van der Waals surface area contributed by atoms with Gasteiger partial charge in [0.25, 0.3) is 0 Å². The number of hydrogen-bond acceptors (Lipinski definition) is 4. The van der Waals surface area contributed by atoms with Crippen LogP contribution in [0.4, 0.5) is 0 Å². The van der Waals surface area contributed by atoms with Gasteiger partial charge in [-0.15, -0.1) is 0 Å². The smallest absolute Gasteiger partial charge is 1.00 e. The number of carboxylic acid groups (broad SMARTS) is 2. The molecule has 10 heteroatoms. The van der Waals surface area contributed by atoms with Gasteiger partial charge in [0, 0.05) is 0 Å². The third-order valence-corrected chi connectivity index (χ3v) is 0.183. The molecule has 0 bridgehead atoms. The summed E-state index contributed by atoms with van der Waals surface area (Å²) in [5.74, 6) is -3.65. The molecular formula is C2H5NaO8S. The molecule has 0 atom stereocenters. The van der Waals surface area contributed by atoms with Gasteiger partial charge in [-0.25, -0.2) is 9.59 Å². The summed E-state index contributed by atoms with van der Waals surface area (Å²) in [6.45, 7) is 0. The van der Waals surface area contributed by atoms with Crippen molar-refractivity contribution in [2.75, 3.05) is 0 Å². The van der Waals surface area contributed by atoms with Crippen molar-refractivity contribution in [3.05, 3.63) is 0 Å². The summed E-state index contributed by atoms with van der Waals surface area (Å²) in [5, 5.41) is 14.8. The van der Waals surface area contributed by atoms with Gasteiger partial charge < -0.3 is 11.6 Å². The van der Waals surface area contributed by atoms with E-state index in [-0.39, 0.29) is 31.0 Å². The number of aliphatic carboxylic acids is 2. The molecule has 12 heavy (non-hydrogen) atoms. The second kappa shape index (κ2) is 7.46. The molecule has 68 valence electrons. The topological polar surface area (TPSA) is 149 Å². The molecular weight excluding hydrogens is 207 g/mol. The molecule has 0 saturated heterocycles. The summed E-state index contributed by atoms with van der Waals surface area (Å²) >= 11 is 0. The molecule has 0 aliphatic rings. The van der Waals surface area contributed by atoms with E-state index in [0.717, 1.165) is 0 Å². The molecule has 0 fully saturated rings. The Hall–Kier alpha value is -0.190. The molecule has 0 aromatic rings. The van der Waals surface area contributed by atoms with Gasteiger partial charge in [-0.3, -0.25) is 9.11 Å². The maximum Gasteiger partial charge on any atom is 1.00 e. The molecule has 0 aromatic carbocycles. The number of carboxylic acids is 2. The number of hydrogen-bond donors (Lipinski definition) is 4. The molecule has 0 saturated carbocycles. The zero-order valence-electron chi connectivity index (χ0n) is 6.83. The first-order valence-electron chi connectivity index (χ1n) is 1.80. The fraction of sp³-hybridized carbons (Fsp3) is 0. The Balaban J connectivity index is -0.0000000546. The molecule has 0 spiro atoms. The molecule has 0 rings (SSSR count). The van der Waals surface area contributed by atoms with Crippen LogP contribution >= 0.6 is 0 Å². The molecule has 4 N–H and O–H groups in total. The van der Waals surface area contributed by atoms with Crippen molar-refractivity contribution in [2.45, 2.75) is 0 Å². The molecule has 0 aliphatic heterocycles. The minimum absolute atomic E-state index is 0. The minimum Gasteiger partial charge on any atom is -1.00 e. The first kappa shape index (κ1) is 17.8. The third-order valence-electron chi connectivity index (χ3n) is 0.183. The molecule has 0 amide bonds. The zero-order chi connectivity index (χ0) is 9.65. The van der Waals surface area contributed by atoms with E-state index in [1.54, 1.807) is 0 Å². The van der Waals surface area contributed by atoms with Gasteiger partial charge in [-0.05, 0) is 0 Å². The van der Waals surface area contributed by atoms with Crippen LogP contribution < -0.4 is 29.6 Å². The Morgan fingerprint density at radius 3 is 1.08 bits per heavy atom. The summed E-state index contributed by atoms with van der Waals surface area (Å²) < 4.78 is 31.6. The third kappa shape index (κ3) is 52.5. The Morgan fingerprint density at radius 1 is 1.00 bits per heavy atom. The van der Waals surface area contributed by atoms with E-state index < -0.39 is 22.3 Å². The van der Waals surface area contributed by atoms with E-state index in [0.29, 0.717) is 0 Å². The van der Waals surface area contributed by atoms with E-state index in [1.807, 2.05) is 0 Å². The predicted octanol–water partition coefficient (Wildman–Crippen LogP) is -4.38. The second-order valence-electron chi connectivity index (χ2n) is 1.06. The van der Waals surface area contributed by atoms with E-state index in [2.05, 4.69) is 0 Å². The van der Waals surface area contributed by atoms with Crippen LogP contribution in [0.1, 0.15) is 1.43 Å². The summed E-state index contributed by atoms with van der Waals surface area (Å²) in [4.78, 5) is 18.2. The van der Waals surface area contributed by atoms with Crippen LogP contribution in [0, 0.1) is 0 Å². The van der Waals surface area contributed by atoms with Crippen molar-refractivity contribution in [2.24, 2.45) is 0 Å². The average molecular weight is 212 g/mol. The molecule has 0 heterocycles. The van der Waals surface area contributed by atoms with Gasteiger partial charge in [-0.1, -0.05) is 0 Å². The van der Waals surface area contributed by atoms with Gasteiger partial charge in [0.2, 0.25) is 0 Å². The van der Waals surface area contributed by atoms with Crippen LogP contribution in [-0.4, -0.2) is 39.7 Å². The second-order valence-corrected chi connectivity index (χ2v) is 1.95. The van der Waals surface area contributed by atoms with Gasteiger partial charge in [0.15, 0.2) is 0 Å². The van der Waals surface area contributed by atoms with Crippen molar-refractivity contribution in [1.29, 1.82) is 0 Å². The van der Waals surface area contributed by atoms with Crippen molar-refractivity contribution in [3.8, 4) is 0 Å². The zero-order valence-corrected chi connectivity index (χ0v) is 8.65. The summed E-state index contributed by atoms with van der Waals surface area (Å²) in [6, 6.07) is 0. The normalized spacial score (nSPS) is 8.50. The first-order valence-corrected chi connectivity index (χ1v) is 3.20. The monoisotopic (exact) mass is 212 g/mol. The Kier molecular flexibility index (Phi) is 11.1. The summed E-state index contributed by atoms with van der Waals surface area (Å²) in [5.41, 5.74) is 0. The molecule has 0 aromatic heterocycles. The molecule has 0 unspecified atom stereocenters. The van der Waals surface area contributed by atoms with Crippen LogP contribution in [0.25, 0.3) is 0 Å². The maximum atomic E-state index is 9.10. The Labute approximate surface area is 90.6 Å². The van der Waals surface area contributed by atoms with Gasteiger partial charge in [0.05, 0.1) is 0 Å². The van der Waals surface area contributed by atoms with Crippen LogP contribution in [0.15, 0.2) is 0 Å². The van der Waals surface area contributed by atoms with Gasteiger partial charge in [-0.2, -0.15) is 8.42 Å². The fourth-order valence-electron chi connectivity index (χ4n) is 0. The van der Waals surface area contributed by atoms with Crippen molar-refractivity contribution >= 4 is 22.3 Å². The molecule has 8 nitrogen and oxygen atoms in total. The molecule has 0 radical (unpaired) electrons. The van der Waals surface area contributed by atoms with Gasteiger partial charge in [0.1, 0.15) is 0 Å². The SMILES string of the molecule is O=C(O)C(=O)O.O=S(=O)(O)O.[H-].[Na+]. The van der Waals surface area contributed by atoms with E-state index in [9.17, 15) is 0 Å². The average Bonchev–Trinajstić information content (AvgIpc) is 1.59. The van der Waals surface area contributed by atoms with E-state index in [4.69, 9.17) is 37.3 Å². The minimum atomic E-state index is -4.67. The van der Waals surface area contributed by atoms with E-state index in [1.165, 1.54) is 0 Å². The Bertz CT molecular complexity index is 225. The fourth-order valence-corrected chi connectivity index (χ4v) is 0. The van der Waals surface area contributed by atoms with Gasteiger partial charge >= 0.3 is 51.9 Å². The van der Waals surface area contributed by atoms with Crippen LogP contribution in [-0.2, 0) is 20.0 Å². The summed E-state index contributed by atoms with van der Waals surface area (Å²) in [7, 11) is -4.67. The first-order chi connectivity index (χ1) is 4.64. The van der Waals surface area contributed by atoms with Crippen LogP contribution in [0.5, 0.6) is 0 Å². The van der Waals surface area contributed by atoms with Crippen LogP contribution in [0.3, 0.4) is 0 Å². The van der Waals surface area contributed by atoms with Crippen molar-refractivity contribution < 1.29 is 68.3 Å². The standard InChI is InChI=1S/C2H2O4.Na.H2O4S.H/c3-1(4)2(5)6;;1-5(2,3)4;/h(H,3,4)(H,5,6);;(H2,1,2,3,4);/q;+1;;-1. The summed E-state index contributed by atoms with van der Waals surface area (Å²) in [6.07, 6.45) is 0. The van der Waals surface area contributed by atoms with Crippen molar-refractivity contribution in [1.82, 2.24) is 0 Å². The maximum absolute atomic E-state index is 9.10. The van der Waals surface area contributed by atoms with Crippen molar-refractivity contribution in [3.63, 3.8) is 0 Å². The Morgan fingerprint density at radius 2 is 1.08 bits per heavy atom. The predicted molar refractivity (Wildman–Crippen MR) is 30.6 cm³/mol. The quantitative estimate of drug-likeness (QED) is 0.178. The van der Waals surface area contributed by atoms with Crippen LogP contribution in [0.2, 0.25) is 0 Å². The van der Waals surface area contributed by atoms with E-state index >= 15 is 0 Å². The number of carbonyl (C=O) groups is 2. The largest absolute Gasteiger partial charge is 1.00 e. The molecule has 0 aliphatic carbocycles.